The zero-order valence-electron chi connectivity index (χ0n) is 16.3. The second-order valence-electron chi connectivity index (χ2n) is 7.12. The summed E-state index contributed by atoms with van der Waals surface area (Å²) in [5.41, 5.74) is 5.61. The number of amides is 1. The van der Waals surface area contributed by atoms with Crippen molar-refractivity contribution in [2.45, 2.75) is 110 Å². The van der Waals surface area contributed by atoms with E-state index < -0.39 is 0 Å². The van der Waals surface area contributed by atoms with Gasteiger partial charge in [0.2, 0.25) is 5.91 Å². The summed E-state index contributed by atoms with van der Waals surface area (Å²) < 4.78 is 0. The van der Waals surface area contributed by atoms with Crippen LogP contribution in [0.1, 0.15) is 104 Å². The van der Waals surface area contributed by atoms with E-state index in [0.29, 0.717) is 13.0 Å². The Hall–Kier alpha value is -0.830. The molecule has 0 heterocycles. The minimum atomic E-state index is 0.0445. The van der Waals surface area contributed by atoms with Crippen LogP contribution in [0.25, 0.3) is 0 Å². The SMILES string of the molecule is CCCCCCCCC=CCCCCCCCC(=O)NCC(C)N. The number of unbranched alkanes of at least 4 members (excludes halogenated alkanes) is 11. The molecule has 3 N–H and O–H groups in total. The maximum Gasteiger partial charge on any atom is 0.220 e. The van der Waals surface area contributed by atoms with Crippen LogP contribution in [0.5, 0.6) is 0 Å². The van der Waals surface area contributed by atoms with Crippen LogP contribution in [0.15, 0.2) is 12.2 Å². The summed E-state index contributed by atoms with van der Waals surface area (Å²) in [7, 11) is 0. The Kier molecular flexibility index (Phi) is 17.9. The molecule has 1 unspecified atom stereocenters. The Morgan fingerprint density at radius 3 is 1.92 bits per heavy atom. The number of nitrogens with one attached hydrogen (secondary N) is 1. The van der Waals surface area contributed by atoms with E-state index in [1.807, 2.05) is 6.92 Å². The van der Waals surface area contributed by atoms with E-state index in [-0.39, 0.29) is 11.9 Å². The number of rotatable bonds is 17. The summed E-state index contributed by atoms with van der Waals surface area (Å²) in [6.07, 6.45) is 22.1. The van der Waals surface area contributed by atoms with Gasteiger partial charge >= 0.3 is 0 Å². The van der Waals surface area contributed by atoms with Gasteiger partial charge in [0, 0.05) is 19.0 Å². The molecule has 0 aromatic heterocycles. The van der Waals surface area contributed by atoms with Gasteiger partial charge < -0.3 is 11.1 Å². The van der Waals surface area contributed by atoms with E-state index in [4.69, 9.17) is 5.73 Å². The molecule has 0 aliphatic heterocycles. The molecule has 3 nitrogen and oxygen atoms in total. The molecule has 0 radical (unpaired) electrons. The Morgan fingerprint density at radius 1 is 0.875 bits per heavy atom. The molecule has 0 aliphatic carbocycles. The highest BCUT2D eigenvalue weighted by atomic mass is 16.1. The minimum absolute atomic E-state index is 0.0445. The maximum atomic E-state index is 11.5. The van der Waals surface area contributed by atoms with Crippen LogP contribution in [0.4, 0.5) is 0 Å². The van der Waals surface area contributed by atoms with Crippen LogP contribution in [0.2, 0.25) is 0 Å². The van der Waals surface area contributed by atoms with E-state index in [9.17, 15) is 4.79 Å². The van der Waals surface area contributed by atoms with Gasteiger partial charge in [-0.25, -0.2) is 0 Å². The monoisotopic (exact) mass is 338 g/mol. The average molecular weight is 339 g/mol. The Bertz CT molecular complexity index is 300. The van der Waals surface area contributed by atoms with Gasteiger partial charge in [-0.15, -0.1) is 0 Å². The summed E-state index contributed by atoms with van der Waals surface area (Å²) in [5.74, 6) is 0.143. The number of hydrogen-bond acceptors (Lipinski definition) is 2. The van der Waals surface area contributed by atoms with Gasteiger partial charge in [-0.1, -0.05) is 70.4 Å². The molecule has 142 valence electrons. The first-order chi connectivity index (χ1) is 11.7. The van der Waals surface area contributed by atoms with Gasteiger partial charge in [0.05, 0.1) is 0 Å². The maximum absolute atomic E-state index is 11.5. The second-order valence-corrected chi connectivity index (χ2v) is 7.12. The molecule has 1 atom stereocenters. The number of carbonyl (C=O) groups is 1. The van der Waals surface area contributed by atoms with Crippen LogP contribution >= 0.6 is 0 Å². The van der Waals surface area contributed by atoms with Crippen molar-refractivity contribution in [3.05, 3.63) is 12.2 Å². The lowest BCUT2D eigenvalue weighted by molar-refractivity contribution is -0.121. The smallest absolute Gasteiger partial charge is 0.220 e. The van der Waals surface area contributed by atoms with Crippen LogP contribution < -0.4 is 11.1 Å². The molecule has 0 saturated carbocycles. The van der Waals surface area contributed by atoms with Crippen molar-refractivity contribution in [1.82, 2.24) is 5.32 Å². The van der Waals surface area contributed by atoms with Gasteiger partial charge in [0.15, 0.2) is 0 Å². The lowest BCUT2D eigenvalue weighted by Gasteiger charge is -2.07. The molecule has 0 saturated heterocycles. The van der Waals surface area contributed by atoms with Crippen molar-refractivity contribution in [1.29, 1.82) is 0 Å². The van der Waals surface area contributed by atoms with Crippen LogP contribution in [0, 0.1) is 0 Å². The fourth-order valence-corrected chi connectivity index (χ4v) is 2.72. The molecular formula is C21H42N2O. The highest BCUT2D eigenvalue weighted by Crippen LogP contribution is 2.09. The molecular weight excluding hydrogens is 296 g/mol. The third-order valence-corrected chi connectivity index (χ3v) is 4.29. The molecule has 1 amide bonds. The number of allylic oxidation sites excluding steroid dienone is 2. The first kappa shape index (κ1) is 23.2. The summed E-state index contributed by atoms with van der Waals surface area (Å²) in [6.45, 7) is 4.76. The highest BCUT2D eigenvalue weighted by Gasteiger charge is 2.01. The zero-order chi connectivity index (χ0) is 17.9. The third kappa shape index (κ3) is 19.2. The van der Waals surface area contributed by atoms with Gasteiger partial charge in [-0.3, -0.25) is 4.79 Å². The van der Waals surface area contributed by atoms with Crippen LogP contribution in [-0.2, 0) is 4.79 Å². The van der Waals surface area contributed by atoms with Crippen molar-refractivity contribution >= 4 is 5.91 Å². The molecule has 0 aliphatic rings. The standard InChI is InChI=1S/C21H42N2O/c1-3-4-5-6-7-8-9-10-11-12-13-14-15-16-17-18-21(24)23-19-20(2)22/h10-11,20H,3-9,12-19,22H2,1-2H3,(H,23,24). The summed E-state index contributed by atoms with van der Waals surface area (Å²) >= 11 is 0. The third-order valence-electron chi connectivity index (χ3n) is 4.29. The Balaban J connectivity index is 3.19. The molecule has 0 rings (SSSR count). The molecule has 0 spiro atoms. The van der Waals surface area contributed by atoms with Crippen molar-refractivity contribution in [3.8, 4) is 0 Å². The Morgan fingerprint density at radius 2 is 1.38 bits per heavy atom. The van der Waals surface area contributed by atoms with E-state index in [2.05, 4.69) is 24.4 Å². The van der Waals surface area contributed by atoms with E-state index in [1.54, 1.807) is 0 Å². The minimum Gasteiger partial charge on any atom is -0.355 e. The predicted octanol–water partition coefficient (Wildman–Crippen LogP) is 5.49. The first-order valence-electron chi connectivity index (χ1n) is 10.3. The van der Waals surface area contributed by atoms with Crippen molar-refractivity contribution in [2.75, 3.05) is 6.54 Å². The summed E-state index contributed by atoms with van der Waals surface area (Å²) in [5, 5.41) is 2.86. The Labute approximate surface area is 150 Å². The topological polar surface area (TPSA) is 55.1 Å². The van der Waals surface area contributed by atoms with E-state index in [0.717, 1.165) is 12.8 Å². The quantitative estimate of drug-likeness (QED) is 0.272. The molecule has 0 bridgehead atoms. The summed E-state index contributed by atoms with van der Waals surface area (Å²) in [6, 6.07) is 0.0445. The second kappa shape index (κ2) is 18.5. The molecule has 0 aromatic carbocycles. The van der Waals surface area contributed by atoms with Crippen molar-refractivity contribution in [2.24, 2.45) is 5.73 Å². The fraction of sp³-hybridized carbons (Fsp3) is 0.857. The molecule has 0 fully saturated rings. The van der Waals surface area contributed by atoms with E-state index in [1.165, 1.54) is 70.6 Å². The predicted molar refractivity (Wildman–Crippen MR) is 106 cm³/mol. The number of nitrogens with two attached hydrogens (primary N) is 1. The summed E-state index contributed by atoms with van der Waals surface area (Å²) in [4.78, 5) is 11.5. The van der Waals surface area contributed by atoms with Crippen molar-refractivity contribution < 1.29 is 4.79 Å². The molecule has 3 heteroatoms. The highest BCUT2D eigenvalue weighted by molar-refractivity contribution is 5.75. The molecule has 0 aromatic rings. The van der Waals surface area contributed by atoms with Crippen LogP contribution in [0.3, 0.4) is 0 Å². The number of hydrogen-bond donors (Lipinski definition) is 2. The largest absolute Gasteiger partial charge is 0.355 e. The lowest BCUT2D eigenvalue weighted by atomic mass is 10.1. The van der Waals surface area contributed by atoms with Gasteiger partial charge in [-0.2, -0.15) is 0 Å². The first-order valence-corrected chi connectivity index (χ1v) is 10.3. The zero-order valence-corrected chi connectivity index (χ0v) is 16.3. The van der Waals surface area contributed by atoms with Crippen LogP contribution in [-0.4, -0.2) is 18.5 Å². The average Bonchev–Trinajstić information content (AvgIpc) is 2.56. The normalized spacial score (nSPS) is 12.6. The molecule has 24 heavy (non-hydrogen) atoms. The van der Waals surface area contributed by atoms with E-state index >= 15 is 0 Å². The lowest BCUT2D eigenvalue weighted by Crippen LogP contribution is -2.34. The van der Waals surface area contributed by atoms with Gasteiger partial charge in [0.1, 0.15) is 0 Å². The van der Waals surface area contributed by atoms with Crippen molar-refractivity contribution in [3.63, 3.8) is 0 Å². The van der Waals surface area contributed by atoms with Gasteiger partial charge in [0.25, 0.3) is 0 Å². The number of carbonyl (C=O) groups excluding carboxylic acids is 1. The van der Waals surface area contributed by atoms with Gasteiger partial charge in [-0.05, 0) is 39.0 Å². The fourth-order valence-electron chi connectivity index (χ4n) is 2.72.